The summed E-state index contributed by atoms with van der Waals surface area (Å²) in [6.45, 7) is 0.910. The van der Waals surface area contributed by atoms with E-state index in [1.54, 1.807) is 6.07 Å². The molecule has 0 fully saturated rings. The van der Waals surface area contributed by atoms with Gasteiger partial charge in [0.25, 0.3) is 0 Å². The molecule has 0 amide bonds. The van der Waals surface area contributed by atoms with E-state index in [9.17, 15) is 5.11 Å². The number of benzene rings is 1. The van der Waals surface area contributed by atoms with Crippen molar-refractivity contribution in [2.45, 2.75) is 6.04 Å². The number of phenolic OH excluding ortho intramolecular Hbond substituents is 1. The number of ether oxygens (including phenoxy) is 1. The maximum atomic E-state index is 10.0. The molecule has 1 unspecified atom stereocenters. The average molecular weight is 240 g/mol. The lowest BCUT2D eigenvalue weighted by Crippen LogP contribution is -2.32. The van der Waals surface area contributed by atoms with Crippen molar-refractivity contribution in [2.24, 2.45) is 5.73 Å². The molecule has 0 aliphatic carbocycles. The molecular formula is C12H20N2O3. The second-order valence-corrected chi connectivity index (χ2v) is 3.85. The van der Waals surface area contributed by atoms with Gasteiger partial charge < -0.3 is 20.7 Å². The summed E-state index contributed by atoms with van der Waals surface area (Å²) in [5.41, 5.74) is 6.43. The van der Waals surface area contributed by atoms with Gasteiger partial charge in [0.15, 0.2) is 11.5 Å². The minimum Gasteiger partial charge on any atom is -0.504 e. The van der Waals surface area contributed by atoms with E-state index < -0.39 is 0 Å². The van der Waals surface area contributed by atoms with Crippen LogP contribution in [0.1, 0.15) is 11.6 Å². The SMILES string of the molecule is COc1cccc(C(CN)N(C)CCO)c1O. The Morgan fingerprint density at radius 3 is 2.71 bits per heavy atom. The van der Waals surface area contributed by atoms with Crippen LogP contribution in [0.4, 0.5) is 0 Å². The first kappa shape index (κ1) is 13.8. The van der Waals surface area contributed by atoms with E-state index in [1.165, 1.54) is 7.11 Å². The second kappa shape index (κ2) is 6.44. The van der Waals surface area contributed by atoms with E-state index in [0.717, 1.165) is 0 Å². The lowest BCUT2D eigenvalue weighted by molar-refractivity contribution is 0.181. The van der Waals surface area contributed by atoms with Crippen molar-refractivity contribution in [1.82, 2.24) is 4.90 Å². The number of aromatic hydroxyl groups is 1. The van der Waals surface area contributed by atoms with Crippen LogP contribution in [-0.4, -0.2) is 49.0 Å². The number of rotatable bonds is 6. The van der Waals surface area contributed by atoms with Crippen LogP contribution in [0.3, 0.4) is 0 Å². The van der Waals surface area contributed by atoms with E-state index in [4.69, 9.17) is 15.6 Å². The third-order valence-electron chi connectivity index (χ3n) is 2.82. The quantitative estimate of drug-likeness (QED) is 0.667. The maximum Gasteiger partial charge on any atom is 0.162 e. The van der Waals surface area contributed by atoms with Crippen molar-refractivity contribution in [3.05, 3.63) is 23.8 Å². The van der Waals surface area contributed by atoms with E-state index in [-0.39, 0.29) is 18.4 Å². The van der Waals surface area contributed by atoms with Crippen molar-refractivity contribution < 1.29 is 14.9 Å². The Hall–Kier alpha value is -1.30. The first-order chi connectivity index (χ1) is 8.15. The molecule has 1 aromatic carbocycles. The molecule has 0 aliphatic rings. The summed E-state index contributed by atoms with van der Waals surface area (Å²) in [5.74, 6) is 0.536. The van der Waals surface area contributed by atoms with Gasteiger partial charge in [-0.15, -0.1) is 0 Å². The third-order valence-corrected chi connectivity index (χ3v) is 2.82. The topological polar surface area (TPSA) is 79.0 Å². The highest BCUT2D eigenvalue weighted by Gasteiger charge is 2.20. The molecule has 0 aromatic heterocycles. The summed E-state index contributed by atoms with van der Waals surface area (Å²) in [4.78, 5) is 1.90. The second-order valence-electron chi connectivity index (χ2n) is 3.85. The molecule has 5 nitrogen and oxygen atoms in total. The molecule has 17 heavy (non-hydrogen) atoms. The summed E-state index contributed by atoms with van der Waals surface area (Å²) < 4.78 is 5.06. The zero-order valence-corrected chi connectivity index (χ0v) is 10.3. The van der Waals surface area contributed by atoms with Gasteiger partial charge in [-0.1, -0.05) is 12.1 Å². The Kier molecular flexibility index (Phi) is 5.21. The molecule has 4 N–H and O–H groups in total. The lowest BCUT2D eigenvalue weighted by Gasteiger charge is -2.27. The van der Waals surface area contributed by atoms with Gasteiger partial charge in [-0.05, 0) is 13.1 Å². The molecule has 1 aromatic rings. The normalized spacial score (nSPS) is 12.8. The van der Waals surface area contributed by atoms with Crippen molar-refractivity contribution in [3.63, 3.8) is 0 Å². The highest BCUT2D eigenvalue weighted by molar-refractivity contribution is 5.47. The van der Waals surface area contributed by atoms with Gasteiger partial charge in [0, 0.05) is 18.7 Å². The first-order valence-electron chi connectivity index (χ1n) is 5.52. The summed E-state index contributed by atoms with van der Waals surface area (Å²) >= 11 is 0. The van der Waals surface area contributed by atoms with Gasteiger partial charge in [-0.25, -0.2) is 0 Å². The Labute approximate surface area is 101 Å². The van der Waals surface area contributed by atoms with Crippen LogP contribution in [-0.2, 0) is 0 Å². The highest BCUT2D eigenvalue weighted by atomic mass is 16.5. The van der Waals surface area contributed by atoms with Crippen LogP contribution in [0.25, 0.3) is 0 Å². The Balaban J connectivity index is 3.03. The number of likely N-dealkylation sites (N-methyl/N-ethyl adjacent to an activating group) is 1. The largest absolute Gasteiger partial charge is 0.504 e. The molecule has 5 heteroatoms. The number of hydrogen-bond donors (Lipinski definition) is 3. The molecule has 0 saturated carbocycles. The fourth-order valence-electron chi connectivity index (χ4n) is 1.83. The van der Waals surface area contributed by atoms with Crippen molar-refractivity contribution >= 4 is 0 Å². The molecule has 96 valence electrons. The number of methoxy groups -OCH3 is 1. The predicted octanol–water partition coefficient (Wildman–Crippen LogP) is 0.325. The summed E-state index contributed by atoms with van der Waals surface area (Å²) in [6, 6.07) is 5.17. The molecular weight excluding hydrogens is 220 g/mol. The molecule has 0 saturated heterocycles. The predicted molar refractivity (Wildman–Crippen MR) is 66.2 cm³/mol. The minimum absolute atomic E-state index is 0.0533. The van der Waals surface area contributed by atoms with Crippen molar-refractivity contribution in [1.29, 1.82) is 0 Å². The van der Waals surface area contributed by atoms with Gasteiger partial charge >= 0.3 is 0 Å². The van der Waals surface area contributed by atoms with Gasteiger partial charge in [-0.3, -0.25) is 4.90 Å². The number of nitrogens with two attached hydrogens (primary N) is 1. The summed E-state index contributed by atoms with van der Waals surface area (Å²) in [5, 5.41) is 19.0. The number of nitrogens with zero attached hydrogens (tertiary/aromatic N) is 1. The van der Waals surface area contributed by atoms with E-state index in [2.05, 4.69) is 0 Å². The molecule has 0 bridgehead atoms. The minimum atomic E-state index is -0.141. The molecule has 0 aliphatic heterocycles. The Morgan fingerprint density at radius 1 is 1.47 bits per heavy atom. The number of hydrogen-bond acceptors (Lipinski definition) is 5. The first-order valence-corrected chi connectivity index (χ1v) is 5.52. The fourth-order valence-corrected chi connectivity index (χ4v) is 1.83. The smallest absolute Gasteiger partial charge is 0.162 e. The Bertz CT molecular complexity index is 358. The maximum absolute atomic E-state index is 10.0. The number of aliphatic hydroxyl groups is 1. The van der Waals surface area contributed by atoms with Crippen LogP contribution in [0.15, 0.2) is 18.2 Å². The van der Waals surface area contributed by atoms with E-state index >= 15 is 0 Å². The van der Waals surface area contributed by atoms with Crippen LogP contribution >= 0.6 is 0 Å². The number of phenols is 1. The third kappa shape index (κ3) is 3.09. The monoisotopic (exact) mass is 240 g/mol. The molecule has 1 rings (SSSR count). The van der Waals surface area contributed by atoms with Gasteiger partial charge in [0.1, 0.15) is 0 Å². The lowest BCUT2D eigenvalue weighted by atomic mass is 10.0. The zero-order chi connectivity index (χ0) is 12.8. The molecule has 0 spiro atoms. The Morgan fingerprint density at radius 2 is 2.18 bits per heavy atom. The standard InChI is InChI=1S/C12H20N2O3/c1-14(6-7-15)10(8-13)9-4-3-5-11(17-2)12(9)16/h3-5,10,15-16H,6-8,13H2,1-2H3. The van der Waals surface area contributed by atoms with Gasteiger partial charge in [-0.2, -0.15) is 0 Å². The van der Waals surface area contributed by atoms with E-state index in [1.807, 2.05) is 24.1 Å². The number of para-hydroxylation sites is 1. The summed E-state index contributed by atoms with van der Waals surface area (Å²) in [7, 11) is 3.36. The molecule has 0 radical (unpaired) electrons. The fraction of sp³-hybridized carbons (Fsp3) is 0.500. The molecule has 1 atom stereocenters. The van der Waals surface area contributed by atoms with Crippen molar-refractivity contribution in [3.8, 4) is 11.5 Å². The highest BCUT2D eigenvalue weighted by Crippen LogP contribution is 2.34. The van der Waals surface area contributed by atoms with Gasteiger partial charge in [0.05, 0.1) is 19.8 Å². The van der Waals surface area contributed by atoms with Crippen LogP contribution < -0.4 is 10.5 Å². The summed E-state index contributed by atoms with van der Waals surface area (Å²) in [6.07, 6.45) is 0. The van der Waals surface area contributed by atoms with Gasteiger partial charge in [0.2, 0.25) is 0 Å². The van der Waals surface area contributed by atoms with E-state index in [0.29, 0.717) is 24.4 Å². The zero-order valence-electron chi connectivity index (χ0n) is 10.3. The average Bonchev–Trinajstić information content (AvgIpc) is 2.32. The van der Waals surface area contributed by atoms with Crippen molar-refractivity contribution in [2.75, 3.05) is 33.9 Å². The molecule has 0 heterocycles. The van der Waals surface area contributed by atoms with Crippen LogP contribution in [0.5, 0.6) is 11.5 Å². The number of aliphatic hydroxyl groups excluding tert-OH is 1. The van der Waals surface area contributed by atoms with Crippen LogP contribution in [0.2, 0.25) is 0 Å². The van der Waals surface area contributed by atoms with Crippen LogP contribution in [0, 0.1) is 0 Å².